The standard InChI is InChI=1S/C41H74NO6P/c1-3-5-7-9-11-13-15-17-18-19-20-21-22-23-24-25-27-29-31-33-35-37-41(44)42-39(38-48-49(45,46)47)40(43)36-34-32-30-28-26-16-14-12-10-8-6-4-2/h18-19,21-22,24-25,29,31,34,36,39-40,43H,3-17,20,23,26-28,30,32-33,35,37-38H2,1-2H3,(H,42,44)(H2,45,46,47)/b19-18+,22-21+,25-24+,31-29+,36-34+/t39-,40+/m0/s1. The van der Waals surface area contributed by atoms with Gasteiger partial charge in [-0.05, 0) is 57.8 Å². The Morgan fingerprint density at radius 2 is 0.980 bits per heavy atom. The van der Waals surface area contributed by atoms with E-state index in [1.165, 1.54) is 103 Å². The fraction of sp³-hybridized carbons (Fsp3) is 0.732. The summed E-state index contributed by atoms with van der Waals surface area (Å²) >= 11 is 0. The maximum atomic E-state index is 12.5. The minimum absolute atomic E-state index is 0.250. The molecule has 0 fully saturated rings. The number of hydrogen-bond donors (Lipinski definition) is 4. The van der Waals surface area contributed by atoms with Crippen molar-refractivity contribution >= 4 is 13.7 Å². The maximum Gasteiger partial charge on any atom is 0.469 e. The lowest BCUT2D eigenvalue weighted by molar-refractivity contribution is -0.122. The van der Waals surface area contributed by atoms with E-state index in [0.29, 0.717) is 6.42 Å². The number of phosphoric ester groups is 1. The molecule has 2 atom stereocenters. The van der Waals surface area contributed by atoms with Crippen molar-refractivity contribution in [1.29, 1.82) is 0 Å². The van der Waals surface area contributed by atoms with E-state index in [9.17, 15) is 14.5 Å². The average molecular weight is 708 g/mol. The molecule has 8 heteroatoms. The van der Waals surface area contributed by atoms with Crippen LogP contribution in [0.15, 0.2) is 60.8 Å². The molecule has 0 aliphatic rings. The smallest absolute Gasteiger partial charge is 0.387 e. The van der Waals surface area contributed by atoms with Gasteiger partial charge in [-0.3, -0.25) is 9.32 Å². The summed E-state index contributed by atoms with van der Waals surface area (Å²) in [7, 11) is -4.73. The van der Waals surface area contributed by atoms with Crippen LogP contribution in [0.2, 0.25) is 0 Å². The van der Waals surface area contributed by atoms with Crippen molar-refractivity contribution in [2.24, 2.45) is 0 Å². The molecule has 0 unspecified atom stereocenters. The third-order valence-electron chi connectivity index (χ3n) is 8.47. The molecule has 0 radical (unpaired) electrons. The monoisotopic (exact) mass is 708 g/mol. The molecule has 0 spiro atoms. The van der Waals surface area contributed by atoms with Crippen LogP contribution >= 0.6 is 7.82 Å². The molecule has 0 aromatic rings. The SMILES string of the molecule is CCCCCCCCC/C=C/C/C=C/C/C=C/C/C=C/CCCC(=O)N[C@@H](COP(=O)(O)O)[C@H](O)/C=C/CCCCCCCCCCCC. The van der Waals surface area contributed by atoms with Crippen molar-refractivity contribution in [3.05, 3.63) is 60.8 Å². The molecule has 284 valence electrons. The number of aliphatic hydroxyl groups is 1. The second-order valence-corrected chi connectivity index (χ2v) is 14.5. The number of aliphatic hydroxyl groups excluding tert-OH is 1. The fourth-order valence-electron chi connectivity index (χ4n) is 5.45. The molecule has 7 nitrogen and oxygen atoms in total. The predicted octanol–water partition coefficient (Wildman–Crippen LogP) is 11.5. The van der Waals surface area contributed by atoms with Gasteiger partial charge in [-0.25, -0.2) is 4.57 Å². The highest BCUT2D eigenvalue weighted by Crippen LogP contribution is 2.35. The number of unbranched alkanes of at least 4 members (excludes halogenated alkanes) is 18. The summed E-state index contributed by atoms with van der Waals surface area (Å²) in [5, 5.41) is 13.3. The Morgan fingerprint density at radius 3 is 1.43 bits per heavy atom. The van der Waals surface area contributed by atoms with E-state index >= 15 is 0 Å². The molecule has 1 amide bonds. The lowest BCUT2D eigenvalue weighted by atomic mass is 10.1. The first kappa shape index (κ1) is 47.2. The lowest BCUT2D eigenvalue weighted by Gasteiger charge is -2.22. The highest BCUT2D eigenvalue weighted by molar-refractivity contribution is 7.46. The molecule has 0 bridgehead atoms. The van der Waals surface area contributed by atoms with Crippen LogP contribution in [-0.4, -0.2) is 39.6 Å². The van der Waals surface area contributed by atoms with Crippen molar-refractivity contribution in [3.63, 3.8) is 0 Å². The zero-order chi connectivity index (χ0) is 36.1. The molecule has 0 aromatic heterocycles. The molecule has 0 saturated carbocycles. The third-order valence-corrected chi connectivity index (χ3v) is 8.96. The predicted molar refractivity (Wildman–Crippen MR) is 208 cm³/mol. The van der Waals surface area contributed by atoms with E-state index in [4.69, 9.17) is 9.79 Å². The number of hydrogen-bond acceptors (Lipinski definition) is 4. The normalized spacial score (nSPS) is 14.0. The number of rotatable bonds is 35. The van der Waals surface area contributed by atoms with Crippen LogP contribution in [-0.2, 0) is 13.9 Å². The molecular formula is C41H74NO6P. The molecule has 0 aliphatic carbocycles. The summed E-state index contributed by atoms with van der Waals surface area (Å²) in [4.78, 5) is 30.8. The van der Waals surface area contributed by atoms with Gasteiger partial charge in [0.05, 0.1) is 18.8 Å². The summed E-state index contributed by atoms with van der Waals surface area (Å²) in [5.41, 5.74) is 0. The zero-order valence-corrected chi connectivity index (χ0v) is 32.2. The van der Waals surface area contributed by atoms with E-state index in [1.807, 2.05) is 6.08 Å². The van der Waals surface area contributed by atoms with Crippen LogP contribution in [0, 0.1) is 0 Å². The van der Waals surface area contributed by atoms with E-state index in [-0.39, 0.29) is 12.3 Å². The van der Waals surface area contributed by atoms with Crippen LogP contribution in [0.1, 0.15) is 174 Å². The second kappa shape index (κ2) is 36.0. The highest BCUT2D eigenvalue weighted by atomic mass is 31.2. The van der Waals surface area contributed by atoms with Gasteiger partial charge in [-0.15, -0.1) is 0 Å². The van der Waals surface area contributed by atoms with Gasteiger partial charge in [0, 0.05) is 6.42 Å². The molecular weight excluding hydrogens is 633 g/mol. The fourth-order valence-corrected chi connectivity index (χ4v) is 5.80. The van der Waals surface area contributed by atoms with Crippen molar-refractivity contribution in [2.45, 2.75) is 187 Å². The Balaban J connectivity index is 4.13. The summed E-state index contributed by atoms with van der Waals surface area (Å²) in [6, 6.07) is -0.940. The van der Waals surface area contributed by atoms with Gasteiger partial charge in [0.15, 0.2) is 0 Å². The van der Waals surface area contributed by atoms with Crippen LogP contribution in [0.4, 0.5) is 0 Å². The van der Waals surface area contributed by atoms with Gasteiger partial charge in [-0.2, -0.15) is 0 Å². The largest absolute Gasteiger partial charge is 0.469 e. The second-order valence-electron chi connectivity index (χ2n) is 13.2. The van der Waals surface area contributed by atoms with Gasteiger partial charge < -0.3 is 20.2 Å². The minimum Gasteiger partial charge on any atom is -0.387 e. The summed E-state index contributed by atoms with van der Waals surface area (Å²) in [6.07, 6.45) is 48.2. The Labute approximate surface area is 301 Å². The van der Waals surface area contributed by atoms with E-state index in [2.05, 4.69) is 72.3 Å². The molecule has 0 rings (SSSR count). The third kappa shape index (κ3) is 37.3. The molecule has 0 aromatic carbocycles. The number of carbonyl (C=O) groups is 1. The maximum absolute atomic E-state index is 12.5. The lowest BCUT2D eigenvalue weighted by Crippen LogP contribution is -2.45. The first-order valence-electron chi connectivity index (χ1n) is 19.7. The zero-order valence-electron chi connectivity index (χ0n) is 31.3. The van der Waals surface area contributed by atoms with Crippen molar-refractivity contribution < 1.29 is 28.8 Å². The van der Waals surface area contributed by atoms with Crippen molar-refractivity contribution in [1.82, 2.24) is 5.32 Å². The number of phosphoric acid groups is 1. The number of amides is 1. The highest BCUT2D eigenvalue weighted by Gasteiger charge is 2.24. The average Bonchev–Trinajstić information content (AvgIpc) is 3.07. The molecule has 0 saturated heterocycles. The van der Waals surface area contributed by atoms with Gasteiger partial charge in [0.25, 0.3) is 0 Å². The number of allylic oxidation sites excluding steroid dienone is 9. The summed E-state index contributed by atoms with van der Waals surface area (Å²) in [5.74, 6) is -0.283. The van der Waals surface area contributed by atoms with E-state index in [1.54, 1.807) is 6.08 Å². The van der Waals surface area contributed by atoms with Crippen LogP contribution in [0.3, 0.4) is 0 Å². The van der Waals surface area contributed by atoms with Crippen LogP contribution in [0.5, 0.6) is 0 Å². The van der Waals surface area contributed by atoms with Gasteiger partial charge in [0.2, 0.25) is 5.91 Å². The number of nitrogens with one attached hydrogen (secondary N) is 1. The Hall–Kier alpha value is -1.76. The van der Waals surface area contributed by atoms with E-state index < -0.39 is 26.6 Å². The van der Waals surface area contributed by atoms with Gasteiger partial charge >= 0.3 is 7.82 Å². The van der Waals surface area contributed by atoms with E-state index in [0.717, 1.165) is 44.9 Å². The summed E-state index contributed by atoms with van der Waals surface area (Å²) < 4.78 is 15.8. The number of carbonyl (C=O) groups excluding carboxylic acids is 1. The topological polar surface area (TPSA) is 116 Å². The molecule has 0 heterocycles. The van der Waals surface area contributed by atoms with Crippen LogP contribution < -0.4 is 5.32 Å². The Bertz CT molecular complexity index is 938. The quantitative estimate of drug-likeness (QED) is 0.0296. The van der Waals surface area contributed by atoms with Crippen molar-refractivity contribution in [2.75, 3.05) is 6.61 Å². The first-order valence-corrected chi connectivity index (χ1v) is 21.3. The van der Waals surface area contributed by atoms with Gasteiger partial charge in [-0.1, -0.05) is 171 Å². The van der Waals surface area contributed by atoms with Crippen molar-refractivity contribution in [3.8, 4) is 0 Å². The molecule has 0 aliphatic heterocycles. The minimum atomic E-state index is -4.73. The summed E-state index contributed by atoms with van der Waals surface area (Å²) in [6.45, 7) is 4.02. The molecule has 49 heavy (non-hydrogen) atoms. The first-order chi connectivity index (χ1) is 23.8. The molecule has 4 N–H and O–H groups in total. The van der Waals surface area contributed by atoms with Gasteiger partial charge in [0.1, 0.15) is 0 Å². The Kier molecular flexibility index (Phi) is 34.8. The Morgan fingerprint density at radius 1 is 0.592 bits per heavy atom. The van der Waals surface area contributed by atoms with Crippen LogP contribution in [0.25, 0.3) is 0 Å².